The normalized spacial score (nSPS) is 19.3. The maximum atomic E-state index is 11.0. The monoisotopic (exact) mass is 230 g/mol. The summed E-state index contributed by atoms with van der Waals surface area (Å²) in [6, 6.07) is 0. The highest BCUT2D eigenvalue weighted by molar-refractivity contribution is 8.00. The first kappa shape index (κ1) is 12.9. The number of thioether (sulfide) groups is 1. The average molecular weight is 230 g/mol. The Morgan fingerprint density at radius 2 is 2.13 bits per heavy atom. The van der Waals surface area contributed by atoms with Crippen molar-refractivity contribution < 1.29 is 9.90 Å². The van der Waals surface area contributed by atoms with Gasteiger partial charge in [0.15, 0.2) is 0 Å². The largest absolute Gasteiger partial charge is 0.480 e. The van der Waals surface area contributed by atoms with Crippen LogP contribution < -0.4 is 0 Å². The van der Waals surface area contributed by atoms with Crippen LogP contribution in [0.5, 0.6) is 0 Å². The third kappa shape index (κ3) is 4.92. The van der Waals surface area contributed by atoms with Crippen LogP contribution in [-0.2, 0) is 4.79 Å². The number of rotatable bonds is 7. The second-order valence-corrected chi connectivity index (χ2v) is 5.69. The van der Waals surface area contributed by atoms with Crippen LogP contribution in [0.2, 0.25) is 0 Å². The molecule has 88 valence electrons. The summed E-state index contributed by atoms with van der Waals surface area (Å²) in [4.78, 5) is 11.0. The molecule has 0 saturated heterocycles. The Morgan fingerprint density at radius 1 is 1.47 bits per heavy atom. The van der Waals surface area contributed by atoms with Gasteiger partial charge in [-0.3, -0.25) is 4.79 Å². The summed E-state index contributed by atoms with van der Waals surface area (Å²) in [5.41, 5.74) is 0. The molecule has 1 unspecified atom stereocenters. The van der Waals surface area contributed by atoms with Crippen molar-refractivity contribution in [2.24, 2.45) is 5.92 Å². The molecule has 0 heterocycles. The Kier molecular flexibility index (Phi) is 6.15. The summed E-state index contributed by atoms with van der Waals surface area (Å²) in [6.07, 6.45) is 8.28. The Hall–Kier alpha value is -0.180. The molecular formula is C12H22O2S. The van der Waals surface area contributed by atoms with Crippen LogP contribution in [0.25, 0.3) is 0 Å². The third-order valence-corrected chi connectivity index (χ3v) is 4.61. The fraction of sp³-hybridized carbons (Fsp3) is 0.917. The summed E-state index contributed by atoms with van der Waals surface area (Å²) in [5.74, 6) is 1.23. The molecule has 3 heteroatoms. The fourth-order valence-electron chi connectivity index (χ4n) is 2.10. The van der Waals surface area contributed by atoms with Crippen molar-refractivity contribution in [2.75, 3.05) is 5.75 Å². The molecule has 1 N–H and O–H groups in total. The van der Waals surface area contributed by atoms with Crippen LogP contribution in [0.1, 0.15) is 51.9 Å². The second kappa shape index (κ2) is 7.15. The van der Waals surface area contributed by atoms with Crippen molar-refractivity contribution in [1.29, 1.82) is 0 Å². The van der Waals surface area contributed by atoms with E-state index in [9.17, 15) is 4.79 Å². The molecular weight excluding hydrogens is 208 g/mol. The zero-order chi connectivity index (χ0) is 11.1. The highest BCUT2D eigenvalue weighted by Crippen LogP contribution is 2.30. The van der Waals surface area contributed by atoms with Gasteiger partial charge < -0.3 is 5.11 Å². The van der Waals surface area contributed by atoms with Gasteiger partial charge in [-0.15, -0.1) is 11.8 Å². The topological polar surface area (TPSA) is 37.3 Å². The molecule has 0 amide bonds. The lowest BCUT2D eigenvalue weighted by atomic mass is 10.1. The summed E-state index contributed by atoms with van der Waals surface area (Å²) < 4.78 is 0. The summed E-state index contributed by atoms with van der Waals surface area (Å²) >= 11 is 1.67. The minimum Gasteiger partial charge on any atom is -0.480 e. The van der Waals surface area contributed by atoms with Crippen molar-refractivity contribution in [3.8, 4) is 0 Å². The van der Waals surface area contributed by atoms with Gasteiger partial charge in [-0.1, -0.05) is 32.6 Å². The number of carbonyl (C=O) groups is 1. The molecule has 15 heavy (non-hydrogen) atoms. The van der Waals surface area contributed by atoms with Gasteiger partial charge in [-0.25, -0.2) is 0 Å². The predicted molar refractivity (Wildman–Crippen MR) is 65.4 cm³/mol. The number of carboxylic acids is 1. The molecule has 0 bridgehead atoms. The first-order valence-corrected chi connectivity index (χ1v) is 7.13. The standard InChI is InChI=1S/C12H22O2S/c1-2-3-8-11(12(13)14)15-9-10-6-4-5-7-10/h10-11H,2-9H2,1H3,(H,13,14). The first-order valence-electron chi connectivity index (χ1n) is 6.08. The molecule has 1 saturated carbocycles. The highest BCUT2D eigenvalue weighted by atomic mass is 32.2. The molecule has 0 spiro atoms. The lowest BCUT2D eigenvalue weighted by Crippen LogP contribution is -2.18. The van der Waals surface area contributed by atoms with E-state index in [4.69, 9.17) is 5.11 Å². The molecule has 1 aliphatic carbocycles. The smallest absolute Gasteiger partial charge is 0.316 e. The van der Waals surface area contributed by atoms with E-state index in [1.807, 2.05) is 0 Å². The Labute approximate surface area is 96.8 Å². The van der Waals surface area contributed by atoms with Gasteiger partial charge in [-0.05, 0) is 30.9 Å². The molecule has 0 aromatic carbocycles. The zero-order valence-corrected chi connectivity index (χ0v) is 10.4. The van der Waals surface area contributed by atoms with Gasteiger partial charge in [0, 0.05) is 0 Å². The summed E-state index contributed by atoms with van der Waals surface area (Å²) in [7, 11) is 0. The summed E-state index contributed by atoms with van der Waals surface area (Å²) in [6.45, 7) is 2.11. The average Bonchev–Trinajstić information content (AvgIpc) is 2.70. The quantitative estimate of drug-likeness (QED) is 0.726. The maximum Gasteiger partial charge on any atom is 0.316 e. The molecule has 0 radical (unpaired) electrons. The molecule has 0 aromatic rings. The van der Waals surface area contributed by atoms with Crippen molar-refractivity contribution in [3.05, 3.63) is 0 Å². The van der Waals surface area contributed by atoms with Crippen LogP contribution >= 0.6 is 11.8 Å². The third-order valence-electron chi connectivity index (χ3n) is 3.10. The zero-order valence-electron chi connectivity index (χ0n) is 9.58. The number of carboxylic acid groups (broad SMARTS) is 1. The second-order valence-electron chi connectivity index (χ2n) is 4.45. The van der Waals surface area contributed by atoms with Crippen LogP contribution in [0.4, 0.5) is 0 Å². The van der Waals surface area contributed by atoms with E-state index < -0.39 is 5.97 Å². The van der Waals surface area contributed by atoms with Gasteiger partial charge in [0.1, 0.15) is 5.25 Å². The van der Waals surface area contributed by atoms with Crippen LogP contribution in [0, 0.1) is 5.92 Å². The van der Waals surface area contributed by atoms with Gasteiger partial charge >= 0.3 is 5.97 Å². The molecule has 1 rings (SSSR count). The molecule has 0 aliphatic heterocycles. The van der Waals surface area contributed by atoms with Gasteiger partial charge in [0.2, 0.25) is 0 Å². The van der Waals surface area contributed by atoms with E-state index in [0.717, 1.165) is 30.9 Å². The van der Waals surface area contributed by atoms with E-state index in [1.54, 1.807) is 11.8 Å². The Bertz CT molecular complexity index is 188. The Morgan fingerprint density at radius 3 is 2.67 bits per heavy atom. The van der Waals surface area contributed by atoms with Gasteiger partial charge in [0.05, 0.1) is 0 Å². The van der Waals surface area contributed by atoms with Crippen LogP contribution in [-0.4, -0.2) is 22.1 Å². The lowest BCUT2D eigenvalue weighted by molar-refractivity contribution is -0.136. The van der Waals surface area contributed by atoms with Crippen molar-refractivity contribution in [1.82, 2.24) is 0 Å². The van der Waals surface area contributed by atoms with E-state index in [1.165, 1.54) is 25.7 Å². The molecule has 2 nitrogen and oxygen atoms in total. The van der Waals surface area contributed by atoms with Crippen molar-refractivity contribution in [2.45, 2.75) is 57.1 Å². The Balaban J connectivity index is 2.20. The predicted octanol–water partition coefficient (Wildman–Crippen LogP) is 3.55. The number of hydrogen-bond acceptors (Lipinski definition) is 2. The van der Waals surface area contributed by atoms with E-state index in [2.05, 4.69) is 6.92 Å². The number of aliphatic carboxylic acids is 1. The number of hydrogen-bond donors (Lipinski definition) is 1. The van der Waals surface area contributed by atoms with Gasteiger partial charge in [0.25, 0.3) is 0 Å². The lowest BCUT2D eigenvalue weighted by Gasteiger charge is -2.14. The molecule has 1 fully saturated rings. The van der Waals surface area contributed by atoms with Crippen molar-refractivity contribution >= 4 is 17.7 Å². The van der Waals surface area contributed by atoms with Crippen molar-refractivity contribution in [3.63, 3.8) is 0 Å². The summed E-state index contributed by atoms with van der Waals surface area (Å²) in [5, 5.41) is 8.89. The van der Waals surface area contributed by atoms with Crippen LogP contribution in [0.3, 0.4) is 0 Å². The minimum absolute atomic E-state index is 0.162. The fourth-order valence-corrected chi connectivity index (χ4v) is 3.41. The maximum absolute atomic E-state index is 11.0. The van der Waals surface area contributed by atoms with E-state index in [0.29, 0.717) is 0 Å². The first-order chi connectivity index (χ1) is 7.24. The molecule has 1 atom stereocenters. The van der Waals surface area contributed by atoms with Crippen LogP contribution in [0.15, 0.2) is 0 Å². The molecule has 0 aromatic heterocycles. The highest BCUT2D eigenvalue weighted by Gasteiger charge is 2.21. The van der Waals surface area contributed by atoms with E-state index >= 15 is 0 Å². The van der Waals surface area contributed by atoms with E-state index in [-0.39, 0.29) is 5.25 Å². The molecule has 1 aliphatic rings. The SMILES string of the molecule is CCCCC(SCC1CCCC1)C(=O)O. The number of unbranched alkanes of at least 4 members (excludes halogenated alkanes) is 1. The minimum atomic E-state index is -0.619. The van der Waals surface area contributed by atoms with Gasteiger partial charge in [-0.2, -0.15) is 0 Å².